The minimum atomic E-state index is -0.407. The zero-order chi connectivity index (χ0) is 14.5. The second-order valence-electron chi connectivity index (χ2n) is 4.39. The van der Waals surface area contributed by atoms with Crippen molar-refractivity contribution in [3.8, 4) is 0 Å². The van der Waals surface area contributed by atoms with Gasteiger partial charge < -0.3 is 10.9 Å². The smallest absolute Gasteiger partial charge is 0.170 e. The summed E-state index contributed by atoms with van der Waals surface area (Å²) < 4.78 is 13.3. The fraction of sp³-hybridized carbons (Fsp3) is 0.133. The first-order valence-corrected chi connectivity index (χ1v) is 7.04. The van der Waals surface area contributed by atoms with Crippen LogP contribution in [-0.2, 0) is 5.75 Å². The Labute approximate surface area is 121 Å². The van der Waals surface area contributed by atoms with E-state index in [0.717, 1.165) is 10.5 Å². The van der Waals surface area contributed by atoms with E-state index in [4.69, 9.17) is 10.9 Å². The number of benzene rings is 2. The Morgan fingerprint density at radius 1 is 1.25 bits per heavy atom. The van der Waals surface area contributed by atoms with E-state index in [1.807, 2.05) is 31.2 Å². The van der Waals surface area contributed by atoms with Gasteiger partial charge in [0.05, 0.1) is 0 Å². The van der Waals surface area contributed by atoms with E-state index in [2.05, 4.69) is 5.16 Å². The van der Waals surface area contributed by atoms with Gasteiger partial charge in [0.2, 0.25) is 0 Å². The quantitative estimate of drug-likeness (QED) is 0.298. The number of nitrogens with zero attached hydrogens (tertiary/aromatic N) is 1. The second-order valence-corrected chi connectivity index (χ2v) is 5.44. The molecule has 0 fully saturated rings. The van der Waals surface area contributed by atoms with Crippen molar-refractivity contribution >= 4 is 17.6 Å². The summed E-state index contributed by atoms with van der Waals surface area (Å²) in [5.74, 6) is 0.134. The average molecular weight is 290 g/mol. The number of hydrogen-bond donors (Lipinski definition) is 2. The second kappa shape index (κ2) is 6.43. The summed E-state index contributed by atoms with van der Waals surface area (Å²) >= 11 is 1.62. The van der Waals surface area contributed by atoms with Gasteiger partial charge in [-0.3, -0.25) is 0 Å². The van der Waals surface area contributed by atoms with Crippen LogP contribution < -0.4 is 5.73 Å². The number of aryl methyl sites for hydroxylation is 1. The highest BCUT2D eigenvalue weighted by Crippen LogP contribution is 2.25. The standard InChI is InChI=1S/C15H15FN2OS/c1-10-2-6-13(7-3-10)20-9-11-4-5-12(16)8-14(11)15(17)18-19/h2-8,19H,9H2,1H3,(H2,17,18). The molecule has 0 saturated carbocycles. The Balaban J connectivity index is 2.19. The van der Waals surface area contributed by atoms with Crippen LogP contribution >= 0.6 is 11.8 Å². The highest BCUT2D eigenvalue weighted by molar-refractivity contribution is 7.98. The van der Waals surface area contributed by atoms with Gasteiger partial charge in [-0.1, -0.05) is 28.9 Å². The van der Waals surface area contributed by atoms with Crippen LogP contribution in [0.2, 0.25) is 0 Å². The molecule has 0 atom stereocenters. The molecule has 0 aliphatic carbocycles. The number of thioether (sulfide) groups is 1. The maximum atomic E-state index is 13.3. The van der Waals surface area contributed by atoms with Crippen LogP contribution in [0.25, 0.3) is 0 Å². The first-order chi connectivity index (χ1) is 9.60. The number of hydrogen-bond acceptors (Lipinski definition) is 3. The van der Waals surface area contributed by atoms with Crippen LogP contribution in [0.1, 0.15) is 16.7 Å². The van der Waals surface area contributed by atoms with Crippen LogP contribution in [0.3, 0.4) is 0 Å². The molecule has 0 saturated heterocycles. The van der Waals surface area contributed by atoms with E-state index >= 15 is 0 Å². The number of halogens is 1. The van der Waals surface area contributed by atoms with E-state index in [9.17, 15) is 4.39 Å². The van der Waals surface area contributed by atoms with Crippen LogP contribution in [-0.4, -0.2) is 11.0 Å². The van der Waals surface area contributed by atoms with E-state index in [-0.39, 0.29) is 5.84 Å². The molecule has 0 bridgehead atoms. The minimum Gasteiger partial charge on any atom is -0.409 e. The van der Waals surface area contributed by atoms with Gasteiger partial charge in [-0.05, 0) is 36.8 Å². The molecule has 0 heterocycles. The Kier molecular flexibility index (Phi) is 4.63. The Morgan fingerprint density at radius 3 is 2.60 bits per heavy atom. The molecule has 2 aromatic rings. The third-order valence-corrected chi connectivity index (χ3v) is 3.93. The van der Waals surface area contributed by atoms with Gasteiger partial charge in [0, 0.05) is 16.2 Å². The largest absolute Gasteiger partial charge is 0.409 e. The summed E-state index contributed by atoms with van der Waals surface area (Å²) in [4.78, 5) is 1.12. The van der Waals surface area contributed by atoms with Crippen molar-refractivity contribution in [1.82, 2.24) is 0 Å². The predicted octanol–water partition coefficient (Wildman–Crippen LogP) is 3.52. The third kappa shape index (κ3) is 3.51. The molecule has 0 spiro atoms. The lowest BCUT2D eigenvalue weighted by Crippen LogP contribution is -2.15. The molecule has 5 heteroatoms. The highest BCUT2D eigenvalue weighted by atomic mass is 32.2. The molecule has 3 N–H and O–H groups in total. The first-order valence-electron chi connectivity index (χ1n) is 6.06. The molecule has 104 valence electrons. The molecule has 0 amide bonds. The SMILES string of the molecule is Cc1ccc(SCc2ccc(F)cc2C(N)=NO)cc1. The predicted molar refractivity (Wildman–Crippen MR) is 79.7 cm³/mol. The van der Waals surface area contributed by atoms with Crippen LogP contribution in [0.4, 0.5) is 4.39 Å². The topological polar surface area (TPSA) is 58.6 Å². The van der Waals surface area contributed by atoms with Crippen molar-refractivity contribution in [2.45, 2.75) is 17.6 Å². The lowest BCUT2D eigenvalue weighted by Gasteiger charge is -2.08. The number of oxime groups is 1. The third-order valence-electron chi connectivity index (χ3n) is 2.87. The number of amidine groups is 1. The van der Waals surface area contributed by atoms with Gasteiger partial charge in [-0.25, -0.2) is 4.39 Å². The minimum absolute atomic E-state index is 0.0796. The average Bonchev–Trinajstić information content (AvgIpc) is 2.46. The maximum absolute atomic E-state index is 13.3. The fourth-order valence-corrected chi connectivity index (χ4v) is 2.66. The molecule has 20 heavy (non-hydrogen) atoms. The lowest BCUT2D eigenvalue weighted by molar-refractivity contribution is 0.318. The van der Waals surface area contributed by atoms with Gasteiger partial charge in [0.25, 0.3) is 0 Å². The van der Waals surface area contributed by atoms with Crippen molar-refractivity contribution in [2.75, 3.05) is 0 Å². The van der Waals surface area contributed by atoms with Crippen LogP contribution in [0.5, 0.6) is 0 Å². The molecular weight excluding hydrogens is 275 g/mol. The molecule has 0 radical (unpaired) electrons. The van der Waals surface area contributed by atoms with Gasteiger partial charge in [0.1, 0.15) is 5.82 Å². The molecule has 0 aliphatic heterocycles. The fourth-order valence-electron chi connectivity index (χ4n) is 1.76. The first kappa shape index (κ1) is 14.4. The van der Waals surface area contributed by atoms with Gasteiger partial charge in [0.15, 0.2) is 5.84 Å². The number of rotatable bonds is 4. The molecule has 0 unspecified atom stereocenters. The molecule has 0 aliphatic rings. The molecule has 0 aromatic heterocycles. The lowest BCUT2D eigenvalue weighted by atomic mass is 10.1. The summed E-state index contributed by atoms with van der Waals surface area (Å²) in [5, 5.41) is 11.7. The number of nitrogens with two attached hydrogens (primary N) is 1. The van der Waals surface area contributed by atoms with Crippen molar-refractivity contribution in [1.29, 1.82) is 0 Å². The van der Waals surface area contributed by atoms with Crippen LogP contribution in [0.15, 0.2) is 52.5 Å². The van der Waals surface area contributed by atoms with Gasteiger partial charge in [-0.2, -0.15) is 0 Å². The molecule has 2 aromatic carbocycles. The monoisotopic (exact) mass is 290 g/mol. The summed E-state index contributed by atoms with van der Waals surface area (Å²) in [6.45, 7) is 2.03. The van der Waals surface area contributed by atoms with Crippen LogP contribution in [0, 0.1) is 12.7 Å². The molecular formula is C15H15FN2OS. The van der Waals surface area contributed by atoms with Crippen molar-refractivity contribution in [3.05, 3.63) is 65.0 Å². The normalized spacial score (nSPS) is 11.6. The Hall–Kier alpha value is -2.01. The molecule has 2 rings (SSSR count). The van der Waals surface area contributed by atoms with Gasteiger partial charge in [-0.15, -0.1) is 11.8 Å². The Morgan fingerprint density at radius 2 is 1.95 bits per heavy atom. The van der Waals surface area contributed by atoms with E-state index in [1.54, 1.807) is 17.8 Å². The van der Waals surface area contributed by atoms with E-state index in [0.29, 0.717) is 11.3 Å². The summed E-state index contributed by atoms with van der Waals surface area (Å²) in [6.07, 6.45) is 0. The zero-order valence-corrected chi connectivity index (χ0v) is 11.8. The van der Waals surface area contributed by atoms with E-state index in [1.165, 1.54) is 17.7 Å². The summed E-state index contributed by atoms with van der Waals surface area (Å²) in [5.41, 5.74) is 8.03. The van der Waals surface area contributed by atoms with Gasteiger partial charge >= 0.3 is 0 Å². The molecule has 3 nitrogen and oxygen atoms in total. The maximum Gasteiger partial charge on any atom is 0.170 e. The van der Waals surface area contributed by atoms with E-state index < -0.39 is 5.82 Å². The van der Waals surface area contributed by atoms with Crippen molar-refractivity contribution < 1.29 is 9.60 Å². The zero-order valence-electron chi connectivity index (χ0n) is 11.0. The Bertz CT molecular complexity index is 626. The van der Waals surface area contributed by atoms with Crippen molar-refractivity contribution in [2.24, 2.45) is 10.9 Å². The summed E-state index contributed by atoms with van der Waals surface area (Å²) in [6, 6.07) is 12.5. The highest BCUT2D eigenvalue weighted by Gasteiger charge is 2.09. The van der Waals surface area contributed by atoms with Crippen molar-refractivity contribution in [3.63, 3.8) is 0 Å². The summed E-state index contributed by atoms with van der Waals surface area (Å²) in [7, 11) is 0.